The van der Waals surface area contributed by atoms with Gasteiger partial charge in [0.25, 0.3) is 0 Å². The van der Waals surface area contributed by atoms with Crippen molar-refractivity contribution in [3.8, 4) is 5.75 Å². The number of rotatable bonds is 4. The van der Waals surface area contributed by atoms with E-state index in [1.54, 1.807) is 17.5 Å². The first kappa shape index (κ1) is 9.79. The summed E-state index contributed by atoms with van der Waals surface area (Å²) in [7, 11) is 0. The lowest BCUT2D eigenvalue weighted by atomic mass is 10.3. The average Bonchev–Trinajstić information content (AvgIpc) is 2.81. The van der Waals surface area contributed by atoms with Gasteiger partial charge in [-0.3, -0.25) is 4.79 Å². The van der Waals surface area contributed by atoms with Crippen LogP contribution in [0.4, 0.5) is 0 Å². The van der Waals surface area contributed by atoms with E-state index in [9.17, 15) is 4.79 Å². The Morgan fingerprint density at radius 3 is 2.80 bits per heavy atom. The topological polar surface area (TPSA) is 52.1 Å². The van der Waals surface area contributed by atoms with Crippen molar-refractivity contribution in [2.45, 2.75) is 0 Å². The van der Waals surface area contributed by atoms with E-state index in [1.807, 2.05) is 18.2 Å². The van der Waals surface area contributed by atoms with Crippen LogP contribution < -0.4 is 4.74 Å². The zero-order chi connectivity index (χ0) is 10.5. The summed E-state index contributed by atoms with van der Waals surface area (Å²) >= 11 is 1.15. The van der Waals surface area contributed by atoms with Crippen LogP contribution in [0.25, 0.3) is 0 Å². The molecule has 0 spiro atoms. The Kier molecular flexibility index (Phi) is 3.04. The molecule has 1 aromatic carbocycles. The molecule has 4 nitrogen and oxygen atoms in total. The van der Waals surface area contributed by atoms with Crippen LogP contribution in [0.3, 0.4) is 0 Å². The zero-order valence-corrected chi connectivity index (χ0v) is 8.61. The van der Waals surface area contributed by atoms with Gasteiger partial charge in [-0.05, 0) is 23.7 Å². The number of ketones is 1. The fourth-order valence-corrected chi connectivity index (χ4v) is 1.49. The highest BCUT2D eigenvalue weighted by Crippen LogP contribution is 2.09. The normalized spacial score (nSPS) is 9.87. The maximum absolute atomic E-state index is 11.5. The van der Waals surface area contributed by atoms with E-state index in [-0.39, 0.29) is 12.4 Å². The maximum Gasteiger partial charge on any atom is 0.221 e. The van der Waals surface area contributed by atoms with Crippen molar-refractivity contribution in [2.75, 3.05) is 6.61 Å². The van der Waals surface area contributed by atoms with Crippen LogP contribution >= 0.6 is 11.5 Å². The van der Waals surface area contributed by atoms with Gasteiger partial charge in [0.05, 0.1) is 0 Å². The molecule has 0 fully saturated rings. The molecule has 0 saturated carbocycles. The smallest absolute Gasteiger partial charge is 0.221 e. The number of hydrogen-bond acceptors (Lipinski definition) is 5. The van der Waals surface area contributed by atoms with Gasteiger partial charge in [0.1, 0.15) is 11.4 Å². The van der Waals surface area contributed by atoms with Crippen LogP contribution in [0.2, 0.25) is 0 Å². The Bertz CT molecular complexity index is 428. The number of para-hydroxylation sites is 1. The molecule has 15 heavy (non-hydrogen) atoms. The van der Waals surface area contributed by atoms with Crippen molar-refractivity contribution in [1.82, 2.24) is 9.59 Å². The van der Waals surface area contributed by atoms with E-state index in [2.05, 4.69) is 9.59 Å². The summed E-state index contributed by atoms with van der Waals surface area (Å²) in [4.78, 5) is 11.5. The van der Waals surface area contributed by atoms with Crippen molar-refractivity contribution in [2.24, 2.45) is 0 Å². The number of nitrogens with zero attached hydrogens (tertiary/aromatic N) is 2. The molecule has 2 aromatic rings. The molecule has 2 rings (SSSR count). The fourth-order valence-electron chi connectivity index (χ4n) is 1.03. The lowest BCUT2D eigenvalue weighted by molar-refractivity contribution is 0.0916. The second kappa shape index (κ2) is 4.65. The van der Waals surface area contributed by atoms with Gasteiger partial charge in [0.15, 0.2) is 6.61 Å². The van der Waals surface area contributed by atoms with Crippen molar-refractivity contribution in [1.29, 1.82) is 0 Å². The molecule has 0 aliphatic heterocycles. The first-order valence-electron chi connectivity index (χ1n) is 4.34. The monoisotopic (exact) mass is 220 g/mol. The number of Topliss-reactive ketones (excluding diaryl/α,β-unsaturated/α-hetero) is 1. The molecule has 76 valence electrons. The van der Waals surface area contributed by atoms with Crippen molar-refractivity contribution >= 4 is 17.3 Å². The molecule has 5 heteroatoms. The molecular formula is C10H8N2O2S. The minimum Gasteiger partial charge on any atom is -0.485 e. The Morgan fingerprint density at radius 1 is 1.33 bits per heavy atom. The fraction of sp³-hybridized carbons (Fsp3) is 0.100. The summed E-state index contributed by atoms with van der Waals surface area (Å²) in [6.45, 7) is -0.00454. The van der Waals surface area contributed by atoms with Crippen molar-refractivity contribution in [3.05, 3.63) is 41.4 Å². The zero-order valence-electron chi connectivity index (χ0n) is 7.79. The number of carbonyl (C=O) groups is 1. The third-order valence-electron chi connectivity index (χ3n) is 1.76. The lowest BCUT2D eigenvalue weighted by Gasteiger charge is -2.02. The largest absolute Gasteiger partial charge is 0.485 e. The Hall–Kier alpha value is -1.75. The number of ether oxygens (including phenoxy) is 1. The summed E-state index contributed by atoms with van der Waals surface area (Å²) in [6.07, 6.45) is 0. The summed E-state index contributed by atoms with van der Waals surface area (Å²) < 4.78 is 8.89. The van der Waals surface area contributed by atoms with Crippen molar-refractivity contribution in [3.63, 3.8) is 0 Å². The highest BCUT2D eigenvalue weighted by Gasteiger charge is 2.09. The standard InChI is InChI=1S/C10H8N2O2S/c13-10(9-7-15-12-11-9)6-14-8-4-2-1-3-5-8/h1-5,7H,6H2. The van der Waals surface area contributed by atoms with E-state index in [1.165, 1.54) is 0 Å². The molecule has 0 saturated heterocycles. The predicted octanol–water partition coefficient (Wildman–Crippen LogP) is 1.80. The van der Waals surface area contributed by atoms with Gasteiger partial charge < -0.3 is 4.74 Å². The van der Waals surface area contributed by atoms with E-state index in [0.717, 1.165) is 11.5 Å². The minimum atomic E-state index is -0.160. The molecule has 1 aromatic heterocycles. The van der Waals surface area contributed by atoms with Gasteiger partial charge in [0, 0.05) is 5.38 Å². The SMILES string of the molecule is O=C(COc1ccccc1)c1csnn1. The third kappa shape index (κ3) is 2.60. The molecular weight excluding hydrogens is 212 g/mol. The molecule has 0 unspecified atom stereocenters. The molecule has 1 heterocycles. The Morgan fingerprint density at radius 2 is 2.13 bits per heavy atom. The summed E-state index contributed by atoms with van der Waals surface area (Å²) in [5.74, 6) is 0.515. The highest BCUT2D eigenvalue weighted by molar-refractivity contribution is 7.03. The second-order valence-electron chi connectivity index (χ2n) is 2.82. The van der Waals surface area contributed by atoms with Crippen molar-refractivity contribution < 1.29 is 9.53 Å². The first-order valence-corrected chi connectivity index (χ1v) is 5.18. The molecule has 0 atom stereocenters. The van der Waals surface area contributed by atoms with E-state index in [0.29, 0.717) is 11.4 Å². The first-order chi connectivity index (χ1) is 7.36. The Balaban J connectivity index is 1.92. The average molecular weight is 220 g/mol. The van der Waals surface area contributed by atoms with E-state index >= 15 is 0 Å². The quantitative estimate of drug-likeness (QED) is 0.737. The van der Waals surface area contributed by atoms with Gasteiger partial charge in [-0.1, -0.05) is 22.7 Å². The number of hydrogen-bond donors (Lipinski definition) is 0. The van der Waals surface area contributed by atoms with Crippen LogP contribution in [-0.2, 0) is 0 Å². The molecule has 0 bridgehead atoms. The van der Waals surface area contributed by atoms with Gasteiger partial charge in [-0.15, -0.1) is 5.10 Å². The minimum absolute atomic E-state index is 0.00454. The van der Waals surface area contributed by atoms with Crippen LogP contribution in [-0.4, -0.2) is 22.0 Å². The molecule has 0 N–H and O–H groups in total. The third-order valence-corrected chi connectivity index (χ3v) is 2.26. The second-order valence-corrected chi connectivity index (χ2v) is 3.42. The summed E-state index contributed by atoms with van der Waals surface area (Å²) in [5.41, 5.74) is 0.357. The molecule has 0 aliphatic carbocycles. The van der Waals surface area contributed by atoms with Gasteiger partial charge in [-0.25, -0.2) is 0 Å². The van der Waals surface area contributed by atoms with E-state index < -0.39 is 0 Å². The summed E-state index contributed by atoms with van der Waals surface area (Å²) in [6, 6.07) is 9.19. The molecule has 0 amide bonds. The van der Waals surface area contributed by atoms with Gasteiger partial charge >= 0.3 is 0 Å². The van der Waals surface area contributed by atoms with Crippen LogP contribution in [0.5, 0.6) is 5.75 Å². The highest BCUT2D eigenvalue weighted by atomic mass is 32.1. The predicted molar refractivity (Wildman–Crippen MR) is 56.2 cm³/mol. The van der Waals surface area contributed by atoms with Gasteiger partial charge in [-0.2, -0.15) is 0 Å². The Labute approximate surface area is 90.7 Å². The van der Waals surface area contributed by atoms with Crippen LogP contribution in [0, 0.1) is 0 Å². The number of carbonyl (C=O) groups excluding carboxylic acids is 1. The van der Waals surface area contributed by atoms with E-state index in [4.69, 9.17) is 4.74 Å². The molecule has 0 radical (unpaired) electrons. The maximum atomic E-state index is 11.5. The van der Waals surface area contributed by atoms with Gasteiger partial charge in [0.2, 0.25) is 5.78 Å². The number of benzene rings is 1. The van der Waals surface area contributed by atoms with Crippen LogP contribution in [0.1, 0.15) is 10.5 Å². The lowest BCUT2D eigenvalue weighted by Crippen LogP contribution is -2.11. The van der Waals surface area contributed by atoms with Crippen LogP contribution in [0.15, 0.2) is 35.7 Å². The summed E-state index contributed by atoms with van der Waals surface area (Å²) in [5, 5.41) is 5.28. The number of aromatic nitrogens is 2. The molecule has 0 aliphatic rings.